The molecule has 2 aromatic heterocycles. The number of benzene rings is 3. The number of halogens is 3. The van der Waals surface area contributed by atoms with E-state index < -0.39 is 5.91 Å². The molecule has 38 heavy (non-hydrogen) atoms. The van der Waals surface area contributed by atoms with Crippen molar-refractivity contribution >= 4 is 80.9 Å². The molecule has 0 saturated heterocycles. The fourth-order valence-corrected chi connectivity index (χ4v) is 4.57. The molecule has 0 atom stereocenters. The van der Waals surface area contributed by atoms with Gasteiger partial charge in [-0.1, -0.05) is 40.9 Å². The SMILES string of the molecule is Cc1ccc2nc(-c3ccc(Cl)c(NC(=S)NC(=O)/C=C/c4ccc(-c5cc(Cl)cc(Cl)c5)o4)c3)oc2c1. The standard InChI is InChI=1S/C28H18Cl3N3O3S/c1-15-2-7-22-25(10-15)37-27(32-22)16-3-6-21(31)23(13-16)33-28(38)34-26(35)9-5-20-4-8-24(36-20)17-11-18(29)14-19(30)12-17/h2-14H,1H3,(H2,33,34,35,38)/b9-5+. The third kappa shape index (κ3) is 6.09. The zero-order chi connectivity index (χ0) is 26.8. The van der Waals surface area contributed by atoms with Crippen LogP contribution in [-0.2, 0) is 4.79 Å². The van der Waals surface area contributed by atoms with Gasteiger partial charge >= 0.3 is 0 Å². The highest BCUT2D eigenvalue weighted by atomic mass is 35.5. The van der Waals surface area contributed by atoms with Crippen molar-refractivity contribution in [2.75, 3.05) is 5.32 Å². The van der Waals surface area contributed by atoms with Gasteiger partial charge in [0, 0.05) is 27.2 Å². The molecule has 0 aliphatic heterocycles. The Balaban J connectivity index is 1.24. The zero-order valence-electron chi connectivity index (χ0n) is 19.7. The van der Waals surface area contributed by atoms with Crippen LogP contribution in [0.4, 0.5) is 5.69 Å². The minimum absolute atomic E-state index is 0.0700. The van der Waals surface area contributed by atoms with Crippen molar-refractivity contribution in [3.63, 3.8) is 0 Å². The van der Waals surface area contributed by atoms with Gasteiger partial charge in [0.15, 0.2) is 10.7 Å². The molecule has 0 aliphatic carbocycles. The van der Waals surface area contributed by atoms with Gasteiger partial charge in [-0.2, -0.15) is 0 Å². The van der Waals surface area contributed by atoms with Crippen LogP contribution in [0.3, 0.4) is 0 Å². The predicted octanol–water partition coefficient (Wildman–Crippen LogP) is 8.55. The van der Waals surface area contributed by atoms with Gasteiger partial charge in [-0.05, 0) is 91.4 Å². The number of furan rings is 1. The van der Waals surface area contributed by atoms with Crippen LogP contribution in [0.15, 0.2) is 81.6 Å². The molecule has 0 saturated carbocycles. The molecule has 0 radical (unpaired) electrons. The normalized spacial score (nSPS) is 11.3. The second-order valence-corrected chi connectivity index (χ2v) is 10.0. The first-order valence-electron chi connectivity index (χ1n) is 11.3. The molecule has 0 aliphatic rings. The molecule has 10 heteroatoms. The number of fused-ring (bicyclic) bond motifs is 1. The zero-order valence-corrected chi connectivity index (χ0v) is 22.8. The molecular formula is C28H18Cl3N3O3S. The summed E-state index contributed by atoms with van der Waals surface area (Å²) in [5, 5.41) is 7.01. The van der Waals surface area contributed by atoms with E-state index in [0.717, 1.165) is 16.6 Å². The number of amides is 1. The Hall–Kier alpha value is -3.62. The number of carbonyl (C=O) groups excluding carboxylic acids is 1. The first-order chi connectivity index (χ1) is 18.2. The number of thiocarbonyl (C=S) groups is 1. The van der Waals surface area contributed by atoms with Crippen LogP contribution in [0, 0.1) is 6.92 Å². The van der Waals surface area contributed by atoms with E-state index in [9.17, 15) is 4.79 Å². The van der Waals surface area contributed by atoms with Gasteiger partial charge in [0.05, 0.1) is 10.7 Å². The molecule has 2 N–H and O–H groups in total. The lowest BCUT2D eigenvalue weighted by atomic mass is 10.2. The maximum atomic E-state index is 12.4. The van der Waals surface area contributed by atoms with Crippen LogP contribution >= 0.6 is 47.0 Å². The van der Waals surface area contributed by atoms with Gasteiger partial charge in [0.1, 0.15) is 17.0 Å². The summed E-state index contributed by atoms with van der Waals surface area (Å²) in [4.78, 5) is 17.0. The van der Waals surface area contributed by atoms with Crippen LogP contribution in [0.2, 0.25) is 15.1 Å². The maximum absolute atomic E-state index is 12.4. The second kappa shape index (κ2) is 11.0. The van der Waals surface area contributed by atoms with Crippen LogP contribution in [0.5, 0.6) is 0 Å². The molecule has 0 bridgehead atoms. The molecule has 6 nitrogen and oxygen atoms in total. The van der Waals surface area contributed by atoms with Crippen molar-refractivity contribution in [2.24, 2.45) is 0 Å². The predicted molar refractivity (Wildman–Crippen MR) is 157 cm³/mol. The summed E-state index contributed by atoms with van der Waals surface area (Å²) in [5.41, 5.74) is 4.45. The second-order valence-electron chi connectivity index (χ2n) is 8.32. The summed E-state index contributed by atoms with van der Waals surface area (Å²) in [6.07, 6.45) is 2.83. The van der Waals surface area contributed by atoms with Gasteiger partial charge in [-0.3, -0.25) is 10.1 Å². The number of oxazole rings is 1. The van der Waals surface area contributed by atoms with Crippen molar-refractivity contribution in [3.05, 3.63) is 99.2 Å². The van der Waals surface area contributed by atoms with Crippen molar-refractivity contribution in [1.82, 2.24) is 10.3 Å². The molecular weight excluding hydrogens is 565 g/mol. The highest BCUT2D eigenvalue weighted by Crippen LogP contribution is 2.31. The topological polar surface area (TPSA) is 80.3 Å². The maximum Gasteiger partial charge on any atom is 0.250 e. The Kier molecular flexibility index (Phi) is 7.53. The largest absolute Gasteiger partial charge is 0.457 e. The number of nitrogens with zero attached hydrogens (tertiary/aromatic N) is 1. The number of carbonyl (C=O) groups is 1. The highest BCUT2D eigenvalue weighted by Gasteiger charge is 2.12. The number of hydrogen-bond acceptors (Lipinski definition) is 5. The summed E-state index contributed by atoms with van der Waals surface area (Å²) in [5.74, 6) is 1.03. The van der Waals surface area contributed by atoms with Crippen LogP contribution < -0.4 is 10.6 Å². The van der Waals surface area contributed by atoms with Crippen LogP contribution in [0.25, 0.3) is 40.0 Å². The van der Waals surface area contributed by atoms with Gasteiger partial charge in [0.2, 0.25) is 11.8 Å². The van der Waals surface area contributed by atoms with Crippen LogP contribution in [-0.4, -0.2) is 16.0 Å². The van der Waals surface area contributed by atoms with E-state index in [-0.39, 0.29) is 5.11 Å². The lowest BCUT2D eigenvalue weighted by Crippen LogP contribution is -2.32. The Morgan fingerprint density at radius 1 is 0.921 bits per heavy atom. The Labute approximate surface area is 238 Å². The third-order valence-electron chi connectivity index (χ3n) is 5.42. The summed E-state index contributed by atoms with van der Waals surface area (Å²) in [6, 6.07) is 19.6. The number of anilines is 1. The third-order valence-corrected chi connectivity index (χ3v) is 6.39. The van der Waals surface area contributed by atoms with Crippen molar-refractivity contribution in [1.29, 1.82) is 0 Å². The van der Waals surface area contributed by atoms with E-state index in [0.29, 0.717) is 49.3 Å². The van der Waals surface area contributed by atoms with Crippen molar-refractivity contribution in [3.8, 4) is 22.8 Å². The van der Waals surface area contributed by atoms with E-state index >= 15 is 0 Å². The van der Waals surface area contributed by atoms with E-state index in [1.165, 1.54) is 12.2 Å². The highest BCUT2D eigenvalue weighted by molar-refractivity contribution is 7.80. The Morgan fingerprint density at radius 3 is 2.50 bits per heavy atom. The summed E-state index contributed by atoms with van der Waals surface area (Å²) in [6.45, 7) is 1.99. The minimum Gasteiger partial charge on any atom is -0.457 e. The first kappa shape index (κ1) is 26.0. The van der Waals surface area contributed by atoms with Crippen LogP contribution in [0.1, 0.15) is 11.3 Å². The average Bonchev–Trinajstić information content (AvgIpc) is 3.50. The van der Waals surface area contributed by atoms with Gasteiger partial charge < -0.3 is 14.2 Å². The quantitative estimate of drug-likeness (QED) is 0.160. The smallest absolute Gasteiger partial charge is 0.250 e. The van der Waals surface area contributed by atoms with E-state index in [1.54, 1.807) is 48.5 Å². The number of hydrogen-bond donors (Lipinski definition) is 2. The number of nitrogens with one attached hydrogen (secondary N) is 2. The molecule has 190 valence electrons. The monoisotopic (exact) mass is 581 g/mol. The fourth-order valence-electron chi connectivity index (χ4n) is 3.67. The Morgan fingerprint density at radius 2 is 1.71 bits per heavy atom. The van der Waals surface area contributed by atoms with E-state index in [1.807, 2.05) is 25.1 Å². The van der Waals surface area contributed by atoms with Crippen molar-refractivity contribution < 1.29 is 13.6 Å². The lowest BCUT2D eigenvalue weighted by molar-refractivity contribution is -0.115. The summed E-state index contributed by atoms with van der Waals surface area (Å²) >= 11 is 23.8. The molecule has 5 aromatic rings. The summed E-state index contributed by atoms with van der Waals surface area (Å²) in [7, 11) is 0. The molecule has 0 spiro atoms. The number of rotatable bonds is 5. The average molecular weight is 583 g/mol. The van der Waals surface area contributed by atoms with Gasteiger partial charge in [-0.15, -0.1) is 0 Å². The van der Waals surface area contributed by atoms with E-state index in [4.69, 9.17) is 55.9 Å². The first-order valence-corrected chi connectivity index (χ1v) is 12.8. The molecule has 3 aromatic carbocycles. The Bertz CT molecular complexity index is 1700. The van der Waals surface area contributed by atoms with Gasteiger partial charge in [0.25, 0.3) is 0 Å². The number of aromatic nitrogens is 1. The molecule has 5 rings (SSSR count). The fraction of sp³-hybridized carbons (Fsp3) is 0.0357. The summed E-state index contributed by atoms with van der Waals surface area (Å²) < 4.78 is 11.7. The van der Waals surface area contributed by atoms with Crippen molar-refractivity contribution in [2.45, 2.75) is 6.92 Å². The number of aryl methyl sites for hydroxylation is 1. The van der Waals surface area contributed by atoms with Gasteiger partial charge in [-0.25, -0.2) is 4.98 Å². The molecule has 0 fully saturated rings. The lowest BCUT2D eigenvalue weighted by Gasteiger charge is -2.10. The molecule has 0 unspecified atom stereocenters. The molecule has 1 amide bonds. The minimum atomic E-state index is -0.451. The molecule has 2 heterocycles. The van der Waals surface area contributed by atoms with E-state index in [2.05, 4.69) is 15.6 Å².